The van der Waals surface area contributed by atoms with Crippen LogP contribution in [0.2, 0.25) is 5.15 Å². The number of aromatic nitrogens is 4. The van der Waals surface area contributed by atoms with Crippen LogP contribution in [0.25, 0.3) is 10.9 Å². The van der Waals surface area contributed by atoms with Crippen molar-refractivity contribution in [3.8, 4) is 0 Å². The van der Waals surface area contributed by atoms with Crippen molar-refractivity contribution in [3.63, 3.8) is 0 Å². The third kappa shape index (κ3) is 5.45. The largest absolute Gasteiger partial charge is 0.376 e. The van der Waals surface area contributed by atoms with E-state index in [2.05, 4.69) is 20.0 Å². The van der Waals surface area contributed by atoms with E-state index in [0.717, 1.165) is 27.9 Å². The molecule has 0 aliphatic carbocycles. The standard InChI is InChI=1S/C30H27ClFN7OS/c1-17-12-22(18(2)34-24-9-10-25(31)35-28(24)41-37-26-6-4-5-11-33-26)27-23(13-17)29(40)38(3)30(36-27)39-15-19-7-8-21(32)14-20(19)16-39/h4-14,18,34H,15-16H2,1-3H3,(H,33,37). The van der Waals surface area contributed by atoms with Gasteiger partial charge in [-0.05, 0) is 73.0 Å². The molecule has 3 aromatic heterocycles. The molecule has 2 N–H and O–H groups in total. The molecule has 11 heteroatoms. The van der Waals surface area contributed by atoms with E-state index in [1.807, 2.05) is 55.1 Å². The van der Waals surface area contributed by atoms with Crippen molar-refractivity contribution < 1.29 is 4.39 Å². The number of anilines is 3. The number of halogens is 2. The molecule has 0 radical (unpaired) electrons. The molecular formula is C30H27ClFN7OS. The Bertz CT molecular complexity index is 1830. The molecule has 4 heterocycles. The fraction of sp³-hybridized carbons (Fsp3) is 0.200. The highest BCUT2D eigenvalue weighted by molar-refractivity contribution is 8.00. The van der Waals surface area contributed by atoms with E-state index in [0.29, 0.717) is 45.9 Å². The normalized spacial score (nSPS) is 13.3. The van der Waals surface area contributed by atoms with E-state index >= 15 is 0 Å². The monoisotopic (exact) mass is 587 g/mol. The van der Waals surface area contributed by atoms with E-state index in [1.165, 1.54) is 18.0 Å². The lowest BCUT2D eigenvalue weighted by atomic mass is 10.0. The molecule has 208 valence electrons. The zero-order chi connectivity index (χ0) is 28.7. The molecular weight excluding hydrogens is 561 g/mol. The Labute approximate surface area is 245 Å². The molecule has 1 atom stereocenters. The number of fused-ring (bicyclic) bond motifs is 2. The second-order valence-corrected chi connectivity index (χ2v) is 11.2. The first-order chi connectivity index (χ1) is 19.8. The molecule has 0 fully saturated rings. The molecule has 0 saturated heterocycles. The van der Waals surface area contributed by atoms with Gasteiger partial charge in [0.15, 0.2) is 0 Å². The van der Waals surface area contributed by atoms with Crippen LogP contribution < -0.4 is 20.5 Å². The minimum absolute atomic E-state index is 0.131. The van der Waals surface area contributed by atoms with Gasteiger partial charge in [-0.1, -0.05) is 29.8 Å². The summed E-state index contributed by atoms with van der Waals surface area (Å²) in [5, 5.41) is 5.11. The minimum Gasteiger partial charge on any atom is -0.376 e. The zero-order valence-corrected chi connectivity index (χ0v) is 24.2. The van der Waals surface area contributed by atoms with Crippen molar-refractivity contribution in [2.45, 2.75) is 38.0 Å². The summed E-state index contributed by atoms with van der Waals surface area (Å²) in [7, 11) is 1.73. The van der Waals surface area contributed by atoms with Gasteiger partial charge in [-0.2, -0.15) is 0 Å². The lowest BCUT2D eigenvalue weighted by molar-refractivity contribution is 0.626. The lowest BCUT2D eigenvalue weighted by Crippen LogP contribution is -2.28. The van der Waals surface area contributed by atoms with Gasteiger partial charge < -0.3 is 14.9 Å². The average Bonchev–Trinajstić information content (AvgIpc) is 3.38. The first-order valence-corrected chi connectivity index (χ1v) is 14.3. The van der Waals surface area contributed by atoms with Gasteiger partial charge in [0, 0.05) is 43.8 Å². The molecule has 0 amide bonds. The van der Waals surface area contributed by atoms with Gasteiger partial charge in [0.1, 0.15) is 21.8 Å². The number of aryl methyl sites for hydroxylation is 1. The van der Waals surface area contributed by atoms with Gasteiger partial charge in [0.05, 0.1) is 22.6 Å². The second-order valence-electron chi connectivity index (χ2n) is 10.1. The molecule has 1 aliphatic heterocycles. The minimum atomic E-state index is -0.270. The van der Waals surface area contributed by atoms with Gasteiger partial charge in [-0.3, -0.25) is 9.36 Å². The highest BCUT2D eigenvalue weighted by Gasteiger charge is 2.25. The Morgan fingerprint density at radius 2 is 1.88 bits per heavy atom. The van der Waals surface area contributed by atoms with E-state index in [-0.39, 0.29) is 17.4 Å². The van der Waals surface area contributed by atoms with Crippen LogP contribution in [-0.4, -0.2) is 19.5 Å². The highest BCUT2D eigenvalue weighted by Crippen LogP contribution is 2.34. The summed E-state index contributed by atoms with van der Waals surface area (Å²) in [6, 6.07) is 17.7. The highest BCUT2D eigenvalue weighted by atomic mass is 35.5. The number of benzene rings is 2. The molecule has 1 aliphatic rings. The van der Waals surface area contributed by atoms with Crippen molar-refractivity contribution >= 4 is 51.9 Å². The van der Waals surface area contributed by atoms with Gasteiger partial charge >= 0.3 is 0 Å². The first kappa shape index (κ1) is 27.0. The van der Waals surface area contributed by atoms with Crippen LogP contribution in [0, 0.1) is 12.7 Å². The zero-order valence-electron chi connectivity index (χ0n) is 22.7. The molecule has 0 saturated carbocycles. The fourth-order valence-electron chi connectivity index (χ4n) is 5.10. The van der Waals surface area contributed by atoms with Crippen LogP contribution in [0.5, 0.6) is 0 Å². The van der Waals surface area contributed by atoms with Crippen molar-refractivity contribution in [2.24, 2.45) is 7.05 Å². The average molecular weight is 588 g/mol. The quantitative estimate of drug-likeness (QED) is 0.162. The molecule has 1 unspecified atom stereocenters. The van der Waals surface area contributed by atoms with E-state index in [1.54, 1.807) is 36.0 Å². The van der Waals surface area contributed by atoms with Crippen LogP contribution in [0.4, 0.5) is 21.8 Å². The Morgan fingerprint density at radius 1 is 1.05 bits per heavy atom. The number of hydrogen-bond acceptors (Lipinski definition) is 8. The molecule has 41 heavy (non-hydrogen) atoms. The topological polar surface area (TPSA) is 88.0 Å². The molecule has 8 nitrogen and oxygen atoms in total. The SMILES string of the molecule is Cc1cc(C(C)Nc2ccc(Cl)nc2SNc2ccccn2)c2nc(N3Cc4ccc(F)cc4C3)n(C)c(=O)c2c1. The van der Waals surface area contributed by atoms with Gasteiger partial charge in [0.25, 0.3) is 5.56 Å². The molecule has 5 aromatic rings. The maximum Gasteiger partial charge on any atom is 0.262 e. The van der Waals surface area contributed by atoms with Crippen LogP contribution in [0.15, 0.2) is 76.7 Å². The number of rotatable bonds is 7. The molecule has 2 aromatic carbocycles. The summed E-state index contributed by atoms with van der Waals surface area (Å²) in [6.45, 7) is 5.03. The number of hydrogen-bond donors (Lipinski definition) is 2. The molecule has 6 rings (SSSR count). The summed E-state index contributed by atoms with van der Waals surface area (Å²) in [5.74, 6) is 0.968. The molecule has 0 bridgehead atoms. The smallest absolute Gasteiger partial charge is 0.262 e. The maximum atomic E-state index is 13.9. The van der Waals surface area contributed by atoms with Crippen molar-refractivity contribution in [1.82, 2.24) is 19.5 Å². The van der Waals surface area contributed by atoms with Crippen LogP contribution in [0.1, 0.15) is 35.2 Å². The summed E-state index contributed by atoms with van der Waals surface area (Å²) in [6.07, 6.45) is 1.71. The van der Waals surface area contributed by atoms with Crippen LogP contribution >= 0.6 is 23.5 Å². The number of nitrogens with one attached hydrogen (secondary N) is 2. The molecule has 0 spiro atoms. The van der Waals surface area contributed by atoms with E-state index < -0.39 is 0 Å². The fourth-order valence-corrected chi connectivity index (χ4v) is 6.00. The van der Waals surface area contributed by atoms with Crippen LogP contribution in [-0.2, 0) is 20.1 Å². The predicted molar refractivity (Wildman–Crippen MR) is 163 cm³/mol. The Morgan fingerprint density at radius 3 is 2.68 bits per heavy atom. The Hall–Kier alpha value is -4.15. The second kappa shape index (κ2) is 11.0. The predicted octanol–water partition coefficient (Wildman–Crippen LogP) is 6.64. The maximum absolute atomic E-state index is 13.9. The third-order valence-electron chi connectivity index (χ3n) is 7.09. The summed E-state index contributed by atoms with van der Waals surface area (Å²) in [4.78, 5) is 29.4. The number of nitrogens with zero attached hydrogens (tertiary/aromatic N) is 5. The van der Waals surface area contributed by atoms with Gasteiger partial charge in [-0.15, -0.1) is 0 Å². The summed E-state index contributed by atoms with van der Waals surface area (Å²) >= 11 is 7.54. The van der Waals surface area contributed by atoms with Gasteiger partial charge in [-0.25, -0.2) is 19.3 Å². The summed E-state index contributed by atoms with van der Waals surface area (Å²) < 4.78 is 18.6. The first-order valence-electron chi connectivity index (χ1n) is 13.1. The number of pyridine rings is 2. The summed E-state index contributed by atoms with van der Waals surface area (Å²) in [5.41, 5.74) is 5.03. The Balaban J connectivity index is 1.35. The van der Waals surface area contributed by atoms with E-state index in [9.17, 15) is 9.18 Å². The van der Waals surface area contributed by atoms with Crippen molar-refractivity contribution in [2.75, 3.05) is 14.9 Å². The third-order valence-corrected chi connectivity index (χ3v) is 8.11. The van der Waals surface area contributed by atoms with Gasteiger partial charge in [0.2, 0.25) is 5.95 Å². The Kier molecular flexibility index (Phi) is 7.27. The lowest BCUT2D eigenvalue weighted by Gasteiger charge is -2.23. The van der Waals surface area contributed by atoms with Crippen molar-refractivity contribution in [3.05, 3.63) is 110 Å². The van der Waals surface area contributed by atoms with Crippen LogP contribution in [0.3, 0.4) is 0 Å². The van der Waals surface area contributed by atoms with E-state index in [4.69, 9.17) is 16.6 Å². The van der Waals surface area contributed by atoms with Crippen molar-refractivity contribution in [1.29, 1.82) is 0 Å².